The molecule has 0 spiro atoms. The molecule has 3 heteroatoms. The fourth-order valence-electron chi connectivity index (χ4n) is 1.78. The highest BCUT2D eigenvalue weighted by atomic mass is 32.2. The third kappa shape index (κ3) is 2.33. The van der Waals surface area contributed by atoms with E-state index >= 15 is 0 Å². The molecule has 0 bridgehead atoms. The smallest absolute Gasteiger partial charge is 0.136 e. The number of benzene rings is 2. The Hall–Kier alpha value is -1.58. The van der Waals surface area contributed by atoms with Gasteiger partial charge in [0, 0.05) is 5.56 Å². The largest absolute Gasteiger partial charge is 0.252 e. The van der Waals surface area contributed by atoms with Crippen molar-refractivity contribution in [1.29, 1.82) is 0 Å². The van der Waals surface area contributed by atoms with Crippen molar-refractivity contribution in [2.24, 2.45) is 4.99 Å². The van der Waals surface area contributed by atoms with Crippen molar-refractivity contribution < 1.29 is 1.37 Å². The highest BCUT2D eigenvalue weighted by Crippen LogP contribution is 2.28. The van der Waals surface area contributed by atoms with Crippen LogP contribution < -0.4 is 4.72 Å². The van der Waals surface area contributed by atoms with Crippen LogP contribution in [0.25, 0.3) is 0 Å². The molecule has 0 aliphatic carbocycles. The Morgan fingerprint density at radius 3 is 2.56 bits per heavy atom. The second-order valence-corrected chi connectivity index (χ2v) is 5.00. The Labute approximate surface area is 113 Å². The van der Waals surface area contributed by atoms with Gasteiger partial charge in [-0.15, -0.1) is 0 Å². The predicted octanol–water partition coefficient (Wildman–Crippen LogP) is 3.69. The van der Waals surface area contributed by atoms with Crippen molar-refractivity contribution in [1.82, 2.24) is 4.72 Å². The minimum Gasteiger partial charge on any atom is -0.252 e. The van der Waals surface area contributed by atoms with Crippen LogP contribution in [0.1, 0.15) is 24.2 Å². The van der Waals surface area contributed by atoms with Crippen LogP contribution in [0.15, 0.2) is 59.6 Å². The quantitative estimate of drug-likeness (QED) is 0.828. The van der Waals surface area contributed by atoms with Gasteiger partial charge < -0.3 is 0 Å². The molecule has 1 atom stereocenters. The fraction of sp³-hybridized carbons (Fsp3) is 0.133. The third-order valence-corrected chi connectivity index (χ3v) is 3.62. The molecule has 0 saturated heterocycles. The van der Waals surface area contributed by atoms with Gasteiger partial charge >= 0.3 is 0 Å². The summed E-state index contributed by atoms with van der Waals surface area (Å²) in [4.78, 5) is 4.53. The summed E-state index contributed by atoms with van der Waals surface area (Å²) in [7, 11) is 0. The third-order valence-electron chi connectivity index (χ3n) is 2.80. The monoisotopic (exact) mass is 255 g/mol. The first-order valence-electron chi connectivity index (χ1n) is 6.34. The number of aliphatic imine (C=N–C) groups is 1. The van der Waals surface area contributed by atoms with E-state index in [2.05, 4.69) is 9.71 Å². The van der Waals surface area contributed by atoms with Gasteiger partial charge in [-0.2, -0.15) is 0 Å². The normalized spacial score (nSPS) is 23.6. The summed E-state index contributed by atoms with van der Waals surface area (Å²) in [6.07, 6.45) is -1.09. The Kier molecular flexibility index (Phi) is 2.85. The molecule has 0 saturated carbocycles. The van der Waals surface area contributed by atoms with Crippen LogP contribution in [0.3, 0.4) is 0 Å². The molecule has 0 fully saturated rings. The maximum atomic E-state index is 8.45. The molecule has 0 radical (unpaired) electrons. The Morgan fingerprint density at radius 1 is 1.11 bits per heavy atom. The van der Waals surface area contributed by atoms with E-state index in [-0.39, 0.29) is 0 Å². The highest BCUT2D eigenvalue weighted by molar-refractivity contribution is 8.13. The predicted molar refractivity (Wildman–Crippen MR) is 77.6 cm³/mol. The van der Waals surface area contributed by atoms with Crippen molar-refractivity contribution in [3.8, 4) is 0 Å². The summed E-state index contributed by atoms with van der Waals surface area (Å²) in [5.74, 6) is 0. The molecule has 1 aliphatic rings. The number of nitrogens with zero attached hydrogens (tertiary/aromatic N) is 1. The van der Waals surface area contributed by atoms with Crippen LogP contribution in [-0.4, -0.2) is 5.04 Å². The maximum Gasteiger partial charge on any atom is 0.136 e. The van der Waals surface area contributed by atoms with Crippen LogP contribution in [0.5, 0.6) is 0 Å². The van der Waals surface area contributed by atoms with Gasteiger partial charge in [-0.1, -0.05) is 60.2 Å². The van der Waals surface area contributed by atoms with Gasteiger partial charge in [0.15, 0.2) is 0 Å². The molecular weight excluding hydrogens is 240 g/mol. The van der Waals surface area contributed by atoms with Crippen LogP contribution in [0.2, 0.25) is 0 Å². The van der Waals surface area contributed by atoms with Gasteiger partial charge in [-0.05, 0) is 24.4 Å². The zero-order valence-electron chi connectivity index (χ0n) is 11.1. The molecule has 18 heavy (non-hydrogen) atoms. The summed E-state index contributed by atoms with van der Waals surface area (Å²) in [6.45, 7) is 2.04. The topological polar surface area (TPSA) is 24.4 Å². The van der Waals surface area contributed by atoms with Crippen molar-refractivity contribution in [3.63, 3.8) is 0 Å². The molecule has 1 aliphatic heterocycles. The Morgan fingerprint density at radius 2 is 1.83 bits per heavy atom. The van der Waals surface area contributed by atoms with Gasteiger partial charge in [-0.3, -0.25) is 4.99 Å². The van der Waals surface area contributed by atoms with Gasteiger partial charge in [0.05, 0.1) is 1.37 Å². The Balaban J connectivity index is 1.95. The molecule has 1 heterocycles. The molecular formula is C15H14N2S. The van der Waals surface area contributed by atoms with Crippen LogP contribution in [0, 0.1) is 6.92 Å². The second-order valence-electron chi connectivity index (χ2n) is 4.20. The zero-order valence-corrected chi connectivity index (χ0v) is 10.9. The average molecular weight is 255 g/mol. The number of aryl methyl sites for hydroxylation is 1. The maximum absolute atomic E-state index is 8.45. The molecule has 2 aromatic rings. The van der Waals surface area contributed by atoms with E-state index in [0.717, 1.165) is 16.2 Å². The molecule has 2 aromatic carbocycles. The molecule has 0 aromatic heterocycles. The molecule has 1 N–H and O–H groups in total. The van der Waals surface area contributed by atoms with Gasteiger partial charge in [-0.25, -0.2) is 4.72 Å². The number of nitrogens with one attached hydrogen (secondary N) is 1. The van der Waals surface area contributed by atoms with E-state index in [4.69, 9.17) is 1.37 Å². The van der Waals surface area contributed by atoms with Crippen molar-refractivity contribution >= 4 is 17.0 Å². The van der Waals surface area contributed by atoms with Gasteiger partial charge in [0.1, 0.15) is 11.2 Å². The summed E-state index contributed by atoms with van der Waals surface area (Å²) in [5.41, 5.74) is 3.09. The Bertz CT molecular complexity index is 610. The fourth-order valence-corrected chi connectivity index (χ4v) is 2.53. The molecule has 0 amide bonds. The number of rotatable bonds is 2. The summed E-state index contributed by atoms with van der Waals surface area (Å²) in [5, 5.41) is 0.858. The van der Waals surface area contributed by atoms with E-state index in [9.17, 15) is 0 Å². The zero-order chi connectivity index (χ0) is 13.3. The summed E-state index contributed by atoms with van der Waals surface area (Å²) in [6, 6.07) is 17.9. The average Bonchev–Trinajstić information content (AvgIpc) is 2.84. The standard InChI is InChI=1S/C15H14N2S/c1-11-7-9-12(10-8-11)14-16-15(18-17-14)13-5-3-2-4-6-13/h2-10,14,17H,1H3/i14D. The lowest BCUT2D eigenvalue weighted by atomic mass is 10.1. The van der Waals surface area contributed by atoms with Crippen molar-refractivity contribution in [2.45, 2.75) is 13.1 Å². The van der Waals surface area contributed by atoms with E-state index in [0.29, 0.717) is 0 Å². The van der Waals surface area contributed by atoms with E-state index in [1.54, 1.807) is 0 Å². The molecule has 1 unspecified atom stereocenters. The number of hydrogen-bond donors (Lipinski definition) is 1. The molecule has 90 valence electrons. The van der Waals surface area contributed by atoms with Crippen LogP contribution >= 0.6 is 11.9 Å². The van der Waals surface area contributed by atoms with Crippen molar-refractivity contribution in [3.05, 3.63) is 71.3 Å². The first kappa shape index (κ1) is 10.4. The number of hydrogen-bond acceptors (Lipinski definition) is 3. The van der Waals surface area contributed by atoms with Gasteiger partial charge in [0.2, 0.25) is 0 Å². The molecule has 2 nitrogen and oxygen atoms in total. The lowest BCUT2D eigenvalue weighted by Gasteiger charge is -2.06. The summed E-state index contributed by atoms with van der Waals surface area (Å²) < 4.78 is 11.5. The minimum absolute atomic E-state index is 0.858. The van der Waals surface area contributed by atoms with E-state index in [1.165, 1.54) is 17.5 Å². The summed E-state index contributed by atoms with van der Waals surface area (Å²) >= 11 is 1.41. The van der Waals surface area contributed by atoms with Crippen LogP contribution in [-0.2, 0) is 0 Å². The lowest BCUT2D eigenvalue weighted by Crippen LogP contribution is -2.06. The first-order valence-corrected chi connectivity index (χ1v) is 6.65. The van der Waals surface area contributed by atoms with Crippen molar-refractivity contribution in [2.75, 3.05) is 0 Å². The lowest BCUT2D eigenvalue weighted by molar-refractivity contribution is 0.735. The van der Waals surface area contributed by atoms with E-state index < -0.39 is 6.14 Å². The molecule has 3 rings (SSSR count). The van der Waals surface area contributed by atoms with Crippen LogP contribution in [0.4, 0.5) is 0 Å². The first-order chi connectivity index (χ1) is 9.17. The second kappa shape index (κ2) is 4.96. The minimum atomic E-state index is -1.09. The SMILES string of the molecule is [2H]C1(c2ccc(C)cc2)N=C(c2ccccc2)SN1. The highest BCUT2D eigenvalue weighted by Gasteiger charge is 2.19. The van der Waals surface area contributed by atoms with Gasteiger partial charge in [0.25, 0.3) is 0 Å². The van der Waals surface area contributed by atoms with E-state index in [1.807, 2.05) is 61.5 Å².